The third-order valence-electron chi connectivity index (χ3n) is 2.01. The molecule has 0 radical (unpaired) electrons. The van der Waals surface area contributed by atoms with E-state index in [0.717, 1.165) is 10.9 Å². The molecule has 0 atom stereocenters. The SMILES string of the molecule is NCc1ccc2c(F)cncc2c1. The number of aromatic nitrogens is 1. The van der Waals surface area contributed by atoms with Crippen molar-refractivity contribution in [3.05, 3.63) is 42.0 Å². The fraction of sp³-hybridized carbons (Fsp3) is 0.100. The van der Waals surface area contributed by atoms with Gasteiger partial charge in [0, 0.05) is 23.5 Å². The highest BCUT2D eigenvalue weighted by Crippen LogP contribution is 2.17. The van der Waals surface area contributed by atoms with Crippen LogP contribution in [0.15, 0.2) is 30.6 Å². The predicted octanol–water partition coefficient (Wildman–Crippen LogP) is 1.83. The number of benzene rings is 1. The minimum Gasteiger partial charge on any atom is -0.326 e. The Bertz CT molecular complexity index is 440. The molecule has 0 saturated heterocycles. The molecule has 0 bridgehead atoms. The van der Waals surface area contributed by atoms with E-state index in [2.05, 4.69) is 4.98 Å². The summed E-state index contributed by atoms with van der Waals surface area (Å²) in [5, 5.41) is 1.38. The first kappa shape index (κ1) is 8.13. The van der Waals surface area contributed by atoms with Crippen molar-refractivity contribution in [2.75, 3.05) is 0 Å². The van der Waals surface area contributed by atoms with Gasteiger partial charge in [-0.1, -0.05) is 12.1 Å². The van der Waals surface area contributed by atoms with Gasteiger partial charge in [-0.15, -0.1) is 0 Å². The summed E-state index contributed by atoms with van der Waals surface area (Å²) in [6, 6.07) is 5.41. The Morgan fingerprint density at radius 3 is 2.92 bits per heavy atom. The van der Waals surface area contributed by atoms with Crippen LogP contribution in [-0.2, 0) is 6.54 Å². The van der Waals surface area contributed by atoms with Crippen molar-refractivity contribution < 1.29 is 4.39 Å². The van der Waals surface area contributed by atoms with Gasteiger partial charge in [0.2, 0.25) is 0 Å². The Morgan fingerprint density at radius 1 is 1.31 bits per heavy atom. The van der Waals surface area contributed by atoms with Crippen LogP contribution in [0.3, 0.4) is 0 Å². The number of halogens is 1. The molecule has 1 heterocycles. The van der Waals surface area contributed by atoms with E-state index in [1.165, 1.54) is 6.20 Å². The molecule has 1 aromatic heterocycles. The molecular weight excluding hydrogens is 167 g/mol. The molecule has 13 heavy (non-hydrogen) atoms. The summed E-state index contributed by atoms with van der Waals surface area (Å²) in [6.07, 6.45) is 2.85. The van der Waals surface area contributed by atoms with Crippen molar-refractivity contribution in [2.24, 2.45) is 5.73 Å². The van der Waals surface area contributed by atoms with Gasteiger partial charge in [-0.2, -0.15) is 0 Å². The number of pyridine rings is 1. The van der Waals surface area contributed by atoms with Crippen molar-refractivity contribution in [3.63, 3.8) is 0 Å². The highest BCUT2D eigenvalue weighted by atomic mass is 19.1. The molecule has 2 nitrogen and oxygen atoms in total. The van der Waals surface area contributed by atoms with E-state index in [9.17, 15) is 4.39 Å². The van der Waals surface area contributed by atoms with E-state index in [1.807, 2.05) is 12.1 Å². The second kappa shape index (κ2) is 3.11. The lowest BCUT2D eigenvalue weighted by Gasteiger charge is -2.00. The molecule has 0 fully saturated rings. The van der Waals surface area contributed by atoms with Gasteiger partial charge in [-0.05, 0) is 11.6 Å². The molecule has 0 aliphatic heterocycles. The quantitative estimate of drug-likeness (QED) is 0.720. The van der Waals surface area contributed by atoms with Crippen LogP contribution in [0.25, 0.3) is 10.8 Å². The first-order valence-corrected chi connectivity index (χ1v) is 4.03. The van der Waals surface area contributed by atoms with Gasteiger partial charge in [-0.25, -0.2) is 4.39 Å². The summed E-state index contributed by atoms with van der Waals surface area (Å²) in [5.41, 5.74) is 6.45. The fourth-order valence-electron chi connectivity index (χ4n) is 1.32. The van der Waals surface area contributed by atoms with Crippen molar-refractivity contribution >= 4 is 10.8 Å². The van der Waals surface area contributed by atoms with E-state index in [4.69, 9.17) is 5.73 Å². The number of rotatable bonds is 1. The van der Waals surface area contributed by atoms with Gasteiger partial charge < -0.3 is 5.73 Å². The van der Waals surface area contributed by atoms with Crippen LogP contribution in [0.5, 0.6) is 0 Å². The lowest BCUT2D eigenvalue weighted by Crippen LogP contribution is -1.95. The zero-order valence-electron chi connectivity index (χ0n) is 7.00. The van der Waals surface area contributed by atoms with Crippen LogP contribution in [0.2, 0.25) is 0 Å². The first-order chi connectivity index (χ1) is 6.31. The molecule has 66 valence electrons. The van der Waals surface area contributed by atoms with Crippen molar-refractivity contribution in [2.45, 2.75) is 6.54 Å². The number of hydrogen-bond donors (Lipinski definition) is 1. The van der Waals surface area contributed by atoms with E-state index >= 15 is 0 Å². The standard InChI is InChI=1S/C10H9FN2/c11-10-6-13-5-8-3-7(4-12)1-2-9(8)10/h1-3,5-6H,4,12H2. The van der Waals surface area contributed by atoms with Crippen LogP contribution in [0.4, 0.5) is 4.39 Å². The minimum absolute atomic E-state index is 0.291. The summed E-state index contributed by atoms with van der Waals surface area (Å²) in [7, 11) is 0. The number of nitrogens with zero attached hydrogens (tertiary/aromatic N) is 1. The fourth-order valence-corrected chi connectivity index (χ4v) is 1.32. The molecule has 0 saturated carbocycles. The van der Waals surface area contributed by atoms with Crippen LogP contribution >= 0.6 is 0 Å². The number of nitrogens with two attached hydrogens (primary N) is 1. The zero-order valence-corrected chi connectivity index (χ0v) is 7.00. The van der Waals surface area contributed by atoms with Gasteiger partial charge in [0.15, 0.2) is 0 Å². The Balaban J connectivity index is 2.72. The van der Waals surface area contributed by atoms with Crippen LogP contribution in [0.1, 0.15) is 5.56 Å². The lowest BCUT2D eigenvalue weighted by atomic mass is 10.1. The Hall–Kier alpha value is -1.48. The molecule has 3 heteroatoms. The number of fused-ring (bicyclic) bond motifs is 1. The monoisotopic (exact) mass is 176 g/mol. The average molecular weight is 176 g/mol. The summed E-state index contributed by atoms with van der Waals surface area (Å²) in [6.45, 7) is 0.465. The average Bonchev–Trinajstić information content (AvgIpc) is 2.18. The summed E-state index contributed by atoms with van der Waals surface area (Å²) < 4.78 is 13.1. The van der Waals surface area contributed by atoms with Gasteiger partial charge >= 0.3 is 0 Å². The minimum atomic E-state index is -0.291. The largest absolute Gasteiger partial charge is 0.326 e. The smallest absolute Gasteiger partial charge is 0.149 e. The van der Waals surface area contributed by atoms with Gasteiger partial charge in [0.05, 0.1) is 6.20 Å². The molecule has 0 spiro atoms. The van der Waals surface area contributed by atoms with Crippen LogP contribution in [0, 0.1) is 5.82 Å². The first-order valence-electron chi connectivity index (χ1n) is 4.03. The highest BCUT2D eigenvalue weighted by molar-refractivity contribution is 5.82. The summed E-state index contributed by atoms with van der Waals surface area (Å²) >= 11 is 0. The van der Waals surface area contributed by atoms with Gasteiger partial charge in [0.25, 0.3) is 0 Å². The normalized spacial score (nSPS) is 10.6. The third-order valence-corrected chi connectivity index (χ3v) is 2.01. The molecule has 0 amide bonds. The van der Waals surface area contributed by atoms with Crippen molar-refractivity contribution in [1.82, 2.24) is 4.98 Å². The van der Waals surface area contributed by atoms with Crippen LogP contribution < -0.4 is 5.73 Å². The van der Waals surface area contributed by atoms with Crippen LogP contribution in [-0.4, -0.2) is 4.98 Å². The van der Waals surface area contributed by atoms with Crippen molar-refractivity contribution in [3.8, 4) is 0 Å². The molecule has 0 unspecified atom stereocenters. The predicted molar refractivity (Wildman–Crippen MR) is 49.6 cm³/mol. The second-order valence-electron chi connectivity index (χ2n) is 2.88. The maximum absolute atomic E-state index is 13.1. The highest BCUT2D eigenvalue weighted by Gasteiger charge is 2.00. The molecule has 0 aliphatic rings. The maximum atomic E-state index is 13.1. The second-order valence-corrected chi connectivity index (χ2v) is 2.88. The molecule has 2 rings (SSSR count). The van der Waals surface area contributed by atoms with E-state index in [-0.39, 0.29) is 5.82 Å². The molecule has 0 aliphatic carbocycles. The molecule has 2 N–H and O–H groups in total. The van der Waals surface area contributed by atoms with Gasteiger partial charge in [-0.3, -0.25) is 4.98 Å². The van der Waals surface area contributed by atoms with Crippen molar-refractivity contribution in [1.29, 1.82) is 0 Å². The summed E-state index contributed by atoms with van der Waals surface area (Å²) in [5.74, 6) is -0.291. The Kier molecular flexibility index (Phi) is 1.94. The summed E-state index contributed by atoms with van der Waals surface area (Å²) in [4.78, 5) is 3.77. The lowest BCUT2D eigenvalue weighted by molar-refractivity contribution is 0.634. The number of hydrogen-bond acceptors (Lipinski definition) is 2. The van der Waals surface area contributed by atoms with Gasteiger partial charge in [0.1, 0.15) is 5.82 Å². The van der Waals surface area contributed by atoms with E-state index < -0.39 is 0 Å². The molecule has 2 aromatic rings. The zero-order chi connectivity index (χ0) is 9.26. The molecular formula is C10H9FN2. The Morgan fingerprint density at radius 2 is 2.15 bits per heavy atom. The van der Waals surface area contributed by atoms with E-state index in [0.29, 0.717) is 11.9 Å². The maximum Gasteiger partial charge on any atom is 0.149 e. The topological polar surface area (TPSA) is 38.9 Å². The molecule has 1 aromatic carbocycles. The Labute approximate surface area is 75.2 Å². The van der Waals surface area contributed by atoms with E-state index in [1.54, 1.807) is 12.3 Å². The third kappa shape index (κ3) is 1.38.